The molecule has 0 radical (unpaired) electrons. The van der Waals surface area contributed by atoms with E-state index in [1.54, 1.807) is 0 Å². The van der Waals surface area contributed by atoms with Crippen LogP contribution in [0.1, 0.15) is 84.7 Å². The van der Waals surface area contributed by atoms with Crippen molar-refractivity contribution in [3.8, 4) is 0 Å². The Labute approximate surface area is 188 Å². The van der Waals surface area contributed by atoms with Crippen LogP contribution in [0, 0.1) is 13.8 Å². The van der Waals surface area contributed by atoms with Gasteiger partial charge in [0.15, 0.2) is 5.82 Å². The predicted octanol–water partition coefficient (Wildman–Crippen LogP) is 4.69. The van der Waals surface area contributed by atoms with E-state index < -0.39 is 5.97 Å². The van der Waals surface area contributed by atoms with Crippen molar-refractivity contribution < 1.29 is 9.90 Å². The first-order chi connectivity index (χ1) is 15.5. The summed E-state index contributed by atoms with van der Waals surface area (Å²) in [6.07, 6.45) is 5.71. The maximum absolute atomic E-state index is 11.8. The first-order valence-corrected chi connectivity index (χ1v) is 11.4. The predicted molar refractivity (Wildman–Crippen MR) is 122 cm³/mol. The highest BCUT2D eigenvalue weighted by molar-refractivity contribution is 5.68. The van der Waals surface area contributed by atoms with Gasteiger partial charge in [-0.25, -0.2) is 4.68 Å². The number of carbonyl (C=O) groups is 1. The Morgan fingerprint density at radius 3 is 2.62 bits per heavy atom. The molecule has 1 saturated carbocycles. The third kappa shape index (κ3) is 5.05. The largest absolute Gasteiger partial charge is 0.481 e. The van der Waals surface area contributed by atoms with Crippen molar-refractivity contribution in [3.05, 3.63) is 76.6 Å². The van der Waals surface area contributed by atoms with Gasteiger partial charge in [0.2, 0.25) is 0 Å². The lowest BCUT2D eigenvalue weighted by molar-refractivity contribution is -0.137. The molecule has 0 spiro atoms. The summed E-state index contributed by atoms with van der Waals surface area (Å²) < 4.78 is 1.97. The van der Waals surface area contributed by atoms with Gasteiger partial charge in [-0.05, 0) is 53.8 Å². The fourth-order valence-electron chi connectivity index (χ4n) is 4.73. The monoisotopic (exact) mass is 433 g/mol. The van der Waals surface area contributed by atoms with Crippen LogP contribution >= 0.6 is 0 Å². The van der Waals surface area contributed by atoms with Crippen LogP contribution < -0.4 is 5.32 Å². The highest BCUT2D eigenvalue weighted by Gasteiger charge is 2.30. The molecule has 1 aliphatic rings. The van der Waals surface area contributed by atoms with E-state index >= 15 is 0 Å². The Hall–Kier alpha value is -3.06. The minimum absolute atomic E-state index is 0.0309. The zero-order valence-corrected chi connectivity index (χ0v) is 18.7. The van der Waals surface area contributed by atoms with Crippen molar-refractivity contribution in [2.45, 2.75) is 70.5 Å². The maximum Gasteiger partial charge on any atom is 0.305 e. The molecule has 0 amide bonds. The fourth-order valence-corrected chi connectivity index (χ4v) is 4.73. The molecule has 4 rings (SSSR count). The third-order valence-electron chi connectivity index (χ3n) is 6.39. The lowest BCUT2D eigenvalue weighted by Crippen LogP contribution is -2.32. The Balaban J connectivity index is 1.76. The van der Waals surface area contributed by atoms with Crippen LogP contribution in [0.5, 0.6) is 0 Å². The molecule has 7 nitrogen and oxygen atoms in total. The summed E-state index contributed by atoms with van der Waals surface area (Å²) in [5, 5.41) is 26.1. The lowest BCUT2D eigenvalue weighted by atomic mass is 9.94. The van der Waals surface area contributed by atoms with E-state index in [-0.39, 0.29) is 24.5 Å². The number of carboxylic acid groups (broad SMARTS) is 1. The first kappa shape index (κ1) is 22.1. The quantitative estimate of drug-likeness (QED) is 0.535. The molecule has 168 valence electrons. The van der Waals surface area contributed by atoms with Crippen LogP contribution in [0.2, 0.25) is 0 Å². The summed E-state index contributed by atoms with van der Waals surface area (Å²) in [7, 11) is 0. The first-order valence-electron chi connectivity index (χ1n) is 11.4. The van der Waals surface area contributed by atoms with E-state index in [4.69, 9.17) is 0 Å². The van der Waals surface area contributed by atoms with Crippen molar-refractivity contribution in [1.29, 1.82) is 0 Å². The van der Waals surface area contributed by atoms with Gasteiger partial charge in [0.25, 0.3) is 0 Å². The van der Waals surface area contributed by atoms with Gasteiger partial charge in [-0.1, -0.05) is 73.4 Å². The second-order valence-corrected chi connectivity index (χ2v) is 8.79. The number of aromatic nitrogens is 4. The SMILES string of the molecule is Cc1cccc(C(CC(=O)O)NC(c2ccccc2C)c2nnnn2C2CCCCC2)c1. The molecule has 0 bridgehead atoms. The van der Waals surface area contributed by atoms with Gasteiger partial charge in [-0.2, -0.15) is 0 Å². The van der Waals surface area contributed by atoms with Gasteiger partial charge in [-0.3, -0.25) is 10.1 Å². The number of aliphatic carboxylic acids is 1. The Kier molecular flexibility index (Phi) is 6.95. The van der Waals surface area contributed by atoms with Crippen molar-refractivity contribution in [3.63, 3.8) is 0 Å². The van der Waals surface area contributed by atoms with Crippen molar-refractivity contribution >= 4 is 5.97 Å². The molecule has 0 saturated heterocycles. The number of carboxylic acids is 1. The number of hydrogen-bond donors (Lipinski definition) is 2. The third-order valence-corrected chi connectivity index (χ3v) is 6.39. The van der Waals surface area contributed by atoms with Crippen molar-refractivity contribution in [2.75, 3.05) is 0 Å². The molecule has 1 aromatic heterocycles. The van der Waals surface area contributed by atoms with Gasteiger partial charge < -0.3 is 5.11 Å². The van der Waals surface area contributed by atoms with E-state index in [9.17, 15) is 9.90 Å². The van der Waals surface area contributed by atoms with E-state index in [1.165, 1.54) is 19.3 Å². The van der Waals surface area contributed by atoms with Gasteiger partial charge in [-0.15, -0.1) is 5.10 Å². The molecule has 2 aromatic carbocycles. The van der Waals surface area contributed by atoms with Crippen LogP contribution in [-0.2, 0) is 4.79 Å². The normalized spacial score (nSPS) is 16.6. The molecule has 2 unspecified atom stereocenters. The van der Waals surface area contributed by atoms with Gasteiger partial charge in [0.1, 0.15) is 0 Å². The maximum atomic E-state index is 11.8. The summed E-state index contributed by atoms with van der Waals surface area (Å²) in [6, 6.07) is 15.7. The van der Waals surface area contributed by atoms with Gasteiger partial charge in [0, 0.05) is 6.04 Å². The molecule has 2 N–H and O–H groups in total. The van der Waals surface area contributed by atoms with E-state index in [1.807, 2.05) is 48.0 Å². The smallest absolute Gasteiger partial charge is 0.305 e. The topological polar surface area (TPSA) is 92.9 Å². The number of nitrogens with zero attached hydrogens (tertiary/aromatic N) is 4. The van der Waals surface area contributed by atoms with E-state index in [2.05, 4.69) is 39.9 Å². The number of hydrogen-bond acceptors (Lipinski definition) is 5. The number of aryl methyl sites for hydroxylation is 2. The fraction of sp³-hybridized carbons (Fsp3) is 0.440. The van der Waals surface area contributed by atoms with E-state index in [0.717, 1.165) is 40.9 Å². The number of nitrogens with one attached hydrogen (secondary N) is 1. The highest BCUT2D eigenvalue weighted by Crippen LogP contribution is 2.33. The number of benzene rings is 2. The molecule has 7 heteroatoms. The summed E-state index contributed by atoms with van der Waals surface area (Å²) >= 11 is 0. The average molecular weight is 434 g/mol. The highest BCUT2D eigenvalue weighted by atomic mass is 16.4. The van der Waals surface area contributed by atoms with Crippen LogP contribution in [0.15, 0.2) is 48.5 Å². The molecular formula is C25H31N5O2. The Morgan fingerprint density at radius 1 is 1.12 bits per heavy atom. The zero-order valence-electron chi connectivity index (χ0n) is 18.7. The number of tetrazole rings is 1. The molecule has 32 heavy (non-hydrogen) atoms. The second kappa shape index (κ2) is 10.0. The zero-order chi connectivity index (χ0) is 22.5. The van der Waals surface area contributed by atoms with Crippen LogP contribution in [0.4, 0.5) is 0 Å². The molecule has 1 aliphatic carbocycles. The second-order valence-electron chi connectivity index (χ2n) is 8.79. The van der Waals surface area contributed by atoms with Crippen molar-refractivity contribution in [2.24, 2.45) is 0 Å². The summed E-state index contributed by atoms with van der Waals surface area (Å²) in [5.41, 5.74) is 4.21. The Morgan fingerprint density at radius 2 is 1.91 bits per heavy atom. The molecule has 1 heterocycles. The van der Waals surface area contributed by atoms with Crippen LogP contribution in [-0.4, -0.2) is 31.3 Å². The number of rotatable bonds is 8. The summed E-state index contributed by atoms with van der Waals surface area (Å²) in [6.45, 7) is 4.08. The van der Waals surface area contributed by atoms with Crippen molar-refractivity contribution in [1.82, 2.24) is 25.5 Å². The molecule has 2 atom stereocenters. The van der Waals surface area contributed by atoms with Crippen LogP contribution in [0.3, 0.4) is 0 Å². The summed E-state index contributed by atoms with van der Waals surface area (Å²) in [5.74, 6) is -0.103. The Bertz CT molecular complexity index is 1060. The standard InChI is InChI=1S/C25H31N5O2/c1-17-9-8-11-19(15-17)22(16-23(31)32)26-24(21-14-7-6-10-18(21)2)25-27-28-29-30(25)20-12-4-3-5-13-20/h6-11,14-15,20,22,24,26H,3-5,12-13,16H2,1-2H3,(H,31,32). The lowest BCUT2D eigenvalue weighted by Gasteiger charge is -2.29. The summed E-state index contributed by atoms with van der Waals surface area (Å²) in [4.78, 5) is 11.8. The molecule has 1 fully saturated rings. The molecule has 3 aromatic rings. The average Bonchev–Trinajstić information content (AvgIpc) is 3.27. The molecule has 0 aliphatic heterocycles. The van der Waals surface area contributed by atoms with Crippen LogP contribution in [0.25, 0.3) is 0 Å². The van der Waals surface area contributed by atoms with Gasteiger partial charge in [0.05, 0.1) is 18.5 Å². The van der Waals surface area contributed by atoms with Gasteiger partial charge >= 0.3 is 5.97 Å². The minimum atomic E-state index is -0.848. The minimum Gasteiger partial charge on any atom is -0.481 e. The molecular weight excluding hydrogens is 402 g/mol. The van der Waals surface area contributed by atoms with E-state index in [0.29, 0.717) is 0 Å².